The van der Waals surface area contributed by atoms with Gasteiger partial charge in [0, 0.05) is 29.7 Å². The molecule has 6 nitrogen and oxygen atoms in total. The average molecular weight is 520 g/mol. The average Bonchev–Trinajstić information content (AvgIpc) is 3.13. The lowest BCUT2D eigenvalue weighted by Gasteiger charge is -2.11. The monoisotopic (exact) mass is 519 g/mol. The normalized spacial score (nSPS) is 11.1. The minimum absolute atomic E-state index is 0. The van der Waals surface area contributed by atoms with Gasteiger partial charge < -0.3 is 15.2 Å². The molecular weight excluding hydrogens is 503 g/mol. The fraction of sp³-hybridized carbons (Fsp3) is 0.167. The number of halogens is 4. The Morgan fingerprint density at radius 3 is 2.68 bits per heavy atom. The minimum Gasteiger partial charge on any atom is -0.352 e. The number of aromatic nitrogens is 2. The van der Waals surface area contributed by atoms with E-state index in [2.05, 4.69) is 25.8 Å². The highest BCUT2D eigenvalue weighted by molar-refractivity contribution is 14.0. The van der Waals surface area contributed by atoms with Crippen molar-refractivity contribution in [3.63, 3.8) is 0 Å². The zero-order valence-corrected chi connectivity index (χ0v) is 17.8. The Morgan fingerprint density at radius 1 is 1.14 bits per heavy atom. The SMILES string of the molecule is CN=C(NCc1nc(-c2cccc(Cl)c2)no1)NCc1cc(F)ccc1F.I. The lowest BCUT2D eigenvalue weighted by Crippen LogP contribution is -2.36. The maximum Gasteiger partial charge on any atom is 0.246 e. The molecule has 2 N–H and O–H groups in total. The molecule has 0 spiro atoms. The molecule has 0 saturated carbocycles. The number of guanidine groups is 1. The second-order valence-corrected chi connectivity index (χ2v) is 5.97. The fourth-order valence-corrected chi connectivity index (χ4v) is 2.50. The molecule has 0 aliphatic rings. The molecule has 0 radical (unpaired) electrons. The second kappa shape index (κ2) is 10.3. The molecule has 0 fully saturated rings. The van der Waals surface area contributed by atoms with Gasteiger partial charge in [0.05, 0.1) is 6.54 Å². The molecule has 0 unspecified atom stereocenters. The summed E-state index contributed by atoms with van der Waals surface area (Å²) >= 11 is 5.96. The number of aliphatic imine (C=N–C) groups is 1. The van der Waals surface area contributed by atoms with Crippen LogP contribution in [0, 0.1) is 11.6 Å². The van der Waals surface area contributed by atoms with Gasteiger partial charge in [0.2, 0.25) is 11.7 Å². The molecule has 0 aliphatic heterocycles. The first-order valence-electron chi connectivity index (χ1n) is 8.02. The van der Waals surface area contributed by atoms with E-state index in [9.17, 15) is 8.78 Å². The highest BCUT2D eigenvalue weighted by Crippen LogP contribution is 2.19. The Kier molecular flexibility index (Phi) is 8.12. The van der Waals surface area contributed by atoms with Gasteiger partial charge in [-0.15, -0.1) is 24.0 Å². The van der Waals surface area contributed by atoms with Crippen LogP contribution in [0.2, 0.25) is 5.02 Å². The van der Waals surface area contributed by atoms with Crippen molar-refractivity contribution in [3.05, 3.63) is 70.6 Å². The summed E-state index contributed by atoms with van der Waals surface area (Å²) in [7, 11) is 1.56. The Bertz CT molecular complexity index is 967. The molecular formula is C18H17ClF2IN5O. The van der Waals surface area contributed by atoms with Crippen LogP contribution in [0.25, 0.3) is 11.4 Å². The first-order chi connectivity index (χ1) is 13.0. The van der Waals surface area contributed by atoms with E-state index in [4.69, 9.17) is 16.1 Å². The van der Waals surface area contributed by atoms with Gasteiger partial charge in [0.25, 0.3) is 0 Å². The summed E-state index contributed by atoms with van der Waals surface area (Å²) in [6, 6.07) is 10.4. The lowest BCUT2D eigenvalue weighted by atomic mass is 10.2. The van der Waals surface area contributed by atoms with E-state index >= 15 is 0 Å². The van der Waals surface area contributed by atoms with Crippen molar-refractivity contribution < 1.29 is 13.3 Å². The molecule has 1 heterocycles. The van der Waals surface area contributed by atoms with Crippen LogP contribution in [0.5, 0.6) is 0 Å². The molecule has 10 heteroatoms. The molecule has 3 rings (SSSR count). The van der Waals surface area contributed by atoms with Gasteiger partial charge >= 0.3 is 0 Å². The van der Waals surface area contributed by atoms with E-state index < -0.39 is 11.6 Å². The summed E-state index contributed by atoms with van der Waals surface area (Å²) in [5.74, 6) is 0.128. The molecule has 0 atom stereocenters. The number of nitrogens with one attached hydrogen (secondary N) is 2. The van der Waals surface area contributed by atoms with Crippen LogP contribution in [-0.4, -0.2) is 23.1 Å². The summed E-state index contributed by atoms with van der Waals surface area (Å²) in [6.07, 6.45) is 0. The number of nitrogens with zero attached hydrogens (tertiary/aromatic N) is 3. The summed E-state index contributed by atoms with van der Waals surface area (Å²) < 4.78 is 32.1. The third kappa shape index (κ3) is 5.86. The largest absolute Gasteiger partial charge is 0.352 e. The fourth-order valence-electron chi connectivity index (χ4n) is 2.31. The van der Waals surface area contributed by atoms with Gasteiger partial charge in [0.1, 0.15) is 11.6 Å². The third-order valence-electron chi connectivity index (χ3n) is 3.64. The number of rotatable bonds is 5. The zero-order chi connectivity index (χ0) is 19.2. The van der Waals surface area contributed by atoms with Crippen molar-refractivity contribution in [3.8, 4) is 11.4 Å². The minimum atomic E-state index is -0.504. The topological polar surface area (TPSA) is 75.3 Å². The molecule has 0 amide bonds. The lowest BCUT2D eigenvalue weighted by molar-refractivity contribution is 0.375. The van der Waals surface area contributed by atoms with Gasteiger partial charge in [-0.25, -0.2) is 8.78 Å². The Hall–Kier alpha value is -2.27. The van der Waals surface area contributed by atoms with Gasteiger partial charge in [-0.3, -0.25) is 4.99 Å². The van der Waals surface area contributed by atoms with Crippen LogP contribution in [0.1, 0.15) is 11.5 Å². The zero-order valence-electron chi connectivity index (χ0n) is 14.7. The van der Waals surface area contributed by atoms with Crippen molar-refractivity contribution in [2.24, 2.45) is 4.99 Å². The van der Waals surface area contributed by atoms with E-state index in [1.807, 2.05) is 6.07 Å². The summed E-state index contributed by atoms with van der Waals surface area (Å²) in [6.45, 7) is 0.278. The van der Waals surface area contributed by atoms with E-state index in [-0.39, 0.29) is 42.6 Å². The molecule has 2 aromatic carbocycles. The third-order valence-corrected chi connectivity index (χ3v) is 3.87. The van der Waals surface area contributed by atoms with Crippen molar-refractivity contribution >= 4 is 41.5 Å². The molecule has 148 valence electrons. The molecule has 0 saturated heterocycles. The highest BCUT2D eigenvalue weighted by Gasteiger charge is 2.10. The number of benzene rings is 2. The first-order valence-corrected chi connectivity index (χ1v) is 8.40. The van der Waals surface area contributed by atoms with Crippen LogP contribution in [0.15, 0.2) is 52.0 Å². The molecule has 28 heavy (non-hydrogen) atoms. The predicted octanol–water partition coefficient (Wildman–Crippen LogP) is 4.15. The van der Waals surface area contributed by atoms with Crippen LogP contribution < -0.4 is 10.6 Å². The van der Waals surface area contributed by atoms with Crippen LogP contribution in [0.4, 0.5) is 8.78 Å². The summed E-state index contributed by atoms with van der Waals surface area (Å²) in [5, 5.41) is 10.3. The smallest absolute Gasteiger partial charge is 0.246 e. The quantitative estimate of drug-likeness (QED) is 0.301. The molecule has 3 aromatic rings. The molecule has 1 aromatic heterocycles. The van der Waals surface area contributed by atoms with Gasteiger partial charge in [-0.2, -0.15) is 4.98 Å². The number of hydrogen-bond donors (Lipinski definition) is 2. The van der Waals surface area contributed by atoms with Gasteiger partial charge in [-0.05, 0) is 30.3 Å². The molecule has 0 bridgehead atoms. The van der Waals surface area contributed by atoms with Crippen LogP contribution in [0.3, 0.4) is 0 Å². The highest BCUT2D eigenvalue weighted by atomic mass is 127. The Balaban J connectivity index is 0.00000280. The van der Waals surface area contributed by atoms with Crippen LogP contribution in [-0.2, 0) is 13.1 Å². The van der Waals surface area contributed by atoms with E-state index in [1.165, 1.54) is 0 Å². The van der Waals surface area contributed by atoms with Gasteiger partial charge in [-0.1, -0.05) is 28.9 Å². The maximum atomic E-state index is 13.7. The number of hydrogen-bond acceptors (Lipinski definition) is 4. The first kappa shape index (κ1) is 22.0. The van der Waals surface area contributed by atoms with Gasteiger partial charge in [0.15, 0.2) is 5.96 Å². The van der Waals surface area contributed by atoms with E-state index in [0.717, 1.165) is 23.8 Å². The standard InChI is InChI=1S/C18H16ClF2N5O.HI/c1-22-18(23-9-12-8-14(20)5-6-15(12)21)24-10-16-25-17(26-27-16)11-3-2-4-13(19)7-11;/h2-8H,9-10H2,1H3,(H2,22,23,24);1H. The van der Waals surface area contributed by atoms with Crippen molar-refractivity contribution in [1.29, 1.82) is 0 Å². The van der Waals surface area contributed by atoms with E-state index in [0.29, 0.717) is 22.7 Å². The van der Waals surface area contributed by atoms with E-state index in [1.54, 1.807) is 25.2 Å². The van der Waals surface area contributed by atoms with Crippen molar-refractivity contribution in [2.75, 3.05) is 7.05 Å². The summed E-state index contributed by atoms with van der Waals surface area (Å²) in [4.78, 5) is 8.30. The Labute approximate surface area is 182 Å². The van der Waals surface area contributed by atoms with Crippen molar-refractivity contribution in [1.82, 2.24) is 20.8 Å². The second-order valence-electron chi connectivity index (χ2n) is 5.54. The Morgan fingerprint density at radius 2 is 1.93 bits per heavy atom. The maximum absolute atomic E-state index is 13.7. The predicted molar refractivity (Wildman–Crippen MR) is 114 cm³/mol. The molecule has 0 aliphatic carbocycles. The summed E-state index contributed by atoms with van der Waals surface area (Å²) in [5.41, 5.74) is 0.931. The van der Waals surface area contributed by atoms with Crippen molar-refractivity contribution in [2.45, 2.75) is 13.1 Å². The van der Waals surface area contributed by atoms with Crippen LogP contribution >= 0.6 is 35.6 Å².